The van der Waals surface area contributed by atoms with Gasteiger partial charge in [0, 0.05) is 11.8 Å². The van der Waals surface area contributed by atoms with Crippen LogP contribution in [0.2, 0.25) is 0 Å². The van der Waals surface area contributed by atoms with E-state index in [1.165, 1.54) is 19.9 Å². The molecule has 7 nitrogen and oxygen atoms in total. The molecule has 1 aromatic heterocycles. The summed E-state index contributed by atoms with van der Waals surface area (Å²) in [5.41, 5.74) is 3.40. The van der Waals surface area contributed by atoms with Crippen molar-refractivity contribution in [3.05, 3.63) is 38.5 Å². The number of aryl methyl sites for hydroxylation is 1. The molecule has 0 saturated heterocycles. The number of nitrogens with zero attached hydrogens (tertiary/aromatic N) is 3. The van der Waals surface area contributed by atoms with Gasteiger partial charge < -0.3 is 10.6 Å². The first kappa shape index (κ1) is 17.1. The number of rotatable bonds is 3. The monoisotopic (exact) mass is 348 g/mol. The summed E-state index contributed by atoms with van der Waals surface area (Å²) in [4.78, 5) is 25.4. The summed E-state index contributed by atoms with van der Waals surface area (Å²) in [5.74, 6) is -1.72. The highest BCUT2D eigenvalue weighted by Crippen LogP contribution is 2.48. The fourth-order valence-corrected chi connectivity index (χ4v) is 3.24. The van der Waals surface area contributed by atoms with Gasteiger partial charge in [-0.1, -0.05) is 11.8 Å². The van der Waals surface area contributed by atoms with Crippen LogP contribution in [0.3, 0.4) is 0 Å². The molecule has 0 spiro atoms. The van der Waals surface area contributed by atoms with E-state index < -0.39 is 44.5 Å². The number of carbonyl (C=O) groups excluding carboxylic acids is 1. The maximum Gasteiger partial charge on any atom is 0.432 e. The fourth-order valence-electron chi connectivity index (χ4n) is 2.14. The molecule has 124 valence electrons. The maximum absolute atomic E-state index is 13.4. The SMILES string of the molecule is Cc1ccc([N+](=O)[O-])c(N2C(C(F)(F)F)=C(C(N)=O)SC2C)n1. The second-order valence-electron chi connectivity index (χ2n) is 4.68. The van der Waals surface area contributed by atoms with Crippen LogP contribution >= 0.6 is 11.8 Å². The number of aromatic nitrogens is 1. The van der Waals surface area contributed by atoms with E-state index in [-0.39, 0.29) is 0 Å². The number of allylic oxidation sites excluding steroid dienone is 1. The van der Waals surface area contributed by atoms with E-state index in [1.807, 2.05) is 0 Å². The van der Waals surface area contributed by atoms with Gasteiger partial charge >= 0.3 is 11.9 Å². The molecule has 2 N–H and O–H groups in total. The number of nitro groups is 1. The normalized spacial score (nSPS) is 18.5. The first-order valence-electron chi connectivity index (χ1n) is 6.23. The molecule has 0 fully saturated rings. The molecule has 1 aromatic rings. The van der Waals surface area contributed by atoms with Gasteiger partial charge in [0.25, 0.3) is 5.91 Å². The number of carbonyl (C=O) groups is 1. The molecule has 1 atom stereocenters. The van der Waals surface area contributed by atoms with Crippen LogP contribution in [-0.4, -0.2) is 27.4 Å². The molecule has 2 rings (SSSR count). The molecule has 0 aromatic carbocycles. The quantitative estimate of drug-likeness (QED) is 0.665. The number of nitrogens with two attached hydrogens (primary N) is 1. The Bertz CT molecular complexity index is 720. The summed E-state index contributed by atoms with van der Waals surface area (Å²) in [6, 6.07) is 2.40. The van der Waals surface area contributed by atoms with Crippen LogP contribution in [0.4, 0.5) is 24.7 Å². The maximum atomic E-state index is 13.4. The number of alkyl halides is 3. The van der Waals surface area contributed by atoms with Gasteiger partial charge in [0.05, 0.1) is 10.3 Å². The van der Waals surface area contributed by atoms with Crippen molar-refractivity contribution in [3.8, 4) is 0 Å². The van der Waals surface area contributed by atoms with Crippen molar-refractivity contribution in [2.24, 2.45) is 5.73 Å². The zero-order valence-electron chi connectivity index (χ0n) is 11.9. The first-order chi connectivity index (χ1) is 10.5. The number of anilines is 1. The van der Waals surface area contributed by atoms with E-state index in [1.54, 1.807) is 0 Å². The molecule has 11 heteroatoms. The topological polar surface area (TPSA) is 102 Å². The van der Waals surface area contributed by atoms with Crippen molar-refractivity contribution < 1.29 is 22.9 Å². The number of thioether (sulfide) groups is 1. The zero-order chi connectivity index (χ0) is 17.5. The third-order valence-corrected chi connectivity index (χ3v) is 4.20. The van der Waals surface area contributed by atoms with E-state index in [0.29, 0.717) is 22.4 Å². The van der Waals surface area contributed by atoms with Gasteiger partial charge in [0.15, 0.2) is 0 Å². The van der Waals surface area contributed by atoms with Crippen molar-refractivity contribution in [1.29, 1.82) is 0 Å². The van der Waals surface area contributed by atoms with Gasteiger partial charge in [0.1, 0.15) is 10.6 Å². The summed E-state index contributed by atoms with van der Waals surface area (Å²) in [6.45, 7) is 2.87. The van der Waals surface area contributed by atoms with Gasteiger partial charge in [-0.2, -0.15) is 13.2 Å². The lowest BCUT2D eigenvalue weighted by Crippen LogP contribution is -2.35. The number of pyridine rings is 1. The molecule has 0 aliphatic carbocycles. The molecular formula is C12H11F3N4O3S. The second-order valence-corrected chi connectivity index (χ2v) is 6.01. The van der Waals surface area contributed by atoms with Crippen LogP contribution in [0.15, 0.2) is 22.7 Å². The smallest absolute Gasteiger partial charge is 0.365 e. The Hall–Kier alpha value is -2.30. The molecule has 1 unspecified atom stereocenters. The molecular weight excluding hydrogens is 337 g/mol. The van der Waals surface area contributed by atoms with Crippen molar-refractivity contribution in [3.63, 3.8) is 0 Å². The molecule has 2 heterocycles. The van der Waals surface area contributed by atoms with Gasteiger partial charge in [-0.05, 0) is 19.9 Å². The number of hydrogen-bond donors (Lipinski definition) is 1. The molecule has 1 aliphatic heterocycles. The van der Waals surface area contributed by atoms with Crippen LogP contribution in [-0.2, 0) is 4.79 Å². The Labute approximate surface area is 132 Å². The molecule has 0 radical (unpaired) electrons. The van der Waals surface area contributed by atoms with Gasteiger partial charge in [-0.25, -0.2) is 4.98 Å². The number of primary amides is 1. The highest BCUT2D eigenvalue weighted by atomic mass is 32.2. The molecule has 1 amide bonds. The Kier molecular flexibility index (Phi) is 4.24. The predicted octanol–water partition coefficient (Wildman–Crippen LogP) is 2.46. The fraction of sp³-hybridized carbons (Fsp3) is 0.333. The molecule has 23 heavy (non-hydrogen) atoms. The van der Waals surface area contributed by atoms with Crippen molar-refractivity contribution in [1.82, 2.24) is 4.98 Å². The van der Waals surface area contributed by atoms with Crippen LogP contribution in [0.5, 0.6) is 0 Å². The Balaban J connectivity index is 2.73. The molecule has 0 saturated carbocycles. The van der Waals surface area contributed by atoms with E-state index in [2.05, 4.69) is 4.98 Å². The van der Waals surface area contributed by atoms with E-state index in [4.69, 9.17) is 5.73 Å². The van der Waals surface area contributed by atoms with Crippen LogP contribution in [0.1, 0.15) is 12.6 Å². The lowest BCUT2D eigenvalue weighted by molar-refractivity contribution is -0.384. The Morgan fingerprint density at radius 3 is 2.57 bits per heavy atom. The molecule has 1 aliphatic rings. The van der Waals surface area contributed by atoms with Crippen molar-refractivity contribution >= 4 is 29.2 Å². The Morgan fingerprint density at radius 1 is 1.48 bits per heavy atom. The van der Waals surface area contributed by atoms with E-state index >= 15 is 0 Å². The van der Waals surface area contributed by atoms with Crippen molar-refractivity contribution in [2.75, 3.05) is 4.90 Å². The number of amides is 1. The van der Waals surface area contributed by atoms with Crippen molar-refractivity contribution in [2.45, 2.75) is 25.4 Å². The van der Waals surface area contributed by atoms with Crippen LogP contribution in [0, 0.1) is 17.0 Å². The largest absolute Gasteiger partial charge is 0.432 e. The average Bonchev–Trinajstić information content (AvgIpc) is 2.75. The lowest BCUT2D eigenvalue weighted by atomic mass is 10.2. The van der Waals surface area contributed by atoms with Gasteiger partial charge in [-0.15, -0.1) is 0 Å². The summed E-state index contributed by atoms with van der Waals surface area (Å²) in [7, 11) is 0. The summed E-state index contributed by atoms with van der Waals surface area (Å²) >= 11 is 0.586. The average molecular weight is 348 g/mol. The third kappa shape index (κ3) is 3.09. The zero-order valence-corrected chi connectivity index (χ0v) is 12.7. The third-order valence-electron chi connectivity index (χ3n) is 3.02. The summed E-state index contributed by atoms with van der Waals surface area (Å²) in [5, 5.41) is 10.2. The van der Waals surface area contributed by atoms with Crippen LogP contribution in [0.25, 0.3) is 0 Å². The molecule has 0 bridgehead atoms. The van der Waals surface area contributed by atoms with E-state index in [9.17, 15) is 28.1 Å². The highest BCUT2D eigenvalue weighted by molar-refractivity contribution is 8.05. The van der Waals surface area contributed by atoms with Gasteiger partial charge in [0.2, 0.25) is 5.82 Å². The van der Waals surface area contributed by atoms with Crippen LogP contribution < -0.4 is 10.6 Å². The second kappa shape index (κ2) is 5.72. The standard InChI is InChI=1S/C12H11F3N4O3S/c1-5-3-4-7(19(21)22)11(17-5)18-6(2)23-8(10(16)20)9(18)12(13,14)15/h3-4,6H,1-2H3,(H2,16,20). The highest BCUT2D eigenvalue weighted by Gasteiger charge is 2.50. The summed E-state index contributed by atoms with van der Waals surface area (Å²) in [6.07, 6.45) is -4.92. The first-order valence-corrected chi connectivity index (χ1v) is 7.11. The predicted molar refractivity (Wildman–Crippen MR) is 77.4 cm³/mol. The van der Waals surface area contributed by atoms with Gasteiger partial charge in [-0.3, -0.25) is 14.9 Å². The number of hydrogen-bond acceptors (Lipinski definition) is 6. The number of halogens is 3. The van der Waals surface area contributed by atoms with E-state index in [0.717, 1.165) is 6.07 Å². The minimum absolute atomic E-state index is 0.303. The Morgan fingerprint density at radius 2 is 2.09 bits per heavy atom. The lowest BCUT2D eigenvalue weighted by Gasteiger charge is -2.26. The summed E-state index contributed by atoms with van der Waals surface area (Å²) < 4.78 is 40.2. The minimum atomic E-state index is -4.92. The minimum Gasteiger partial charge on any atom is -0.365 e.